The molecule has 9 N–H and O–H groups in total. The fourth-order valence-corrected chi connectivity index (χ4v) is 9.76. The standard InChI is InChI=1S/C51H77N3O6.3ClH.3H2O/c1-10-55-46-24-19-37-40(49(46)58-33(4)5)27-30-52-43(37)16-14-13-15-36(17-22-44-38-20-25-47(56-11-2)50(59-34(6)7)41(38)28-31-53-44)18-23-45-39-21-26-48(57-12-3)51(60-35(8)9)42(39)29-32-54-45;;;;;;/h19-21,24-26,33-36,43-45,52-54H,10-18,22-23,27-32H2,1-9H3;3*1H;3*1H2. The Labute approximate surface area is 415 Å². The predicted molar refractivity (Wildman–Crippen MR) is 276 cm³/mol. The zero-order chi connectivity index (χ0) is 42.6. The fraction of sp³-hybridized carbons (Fsp3) is 0.647. The molecule has 3 aromatic rings. The molecule has 3 heterocycles. The molecule has 0 spiro atoms. The van der Waals surface area contributed by atoms with E-state index in [1.165, 1.54) is 65.5 Å². The Bertz CT molecular complexity index is 1750. The number of hydrogen-bond donors (Lipinski definition) is 3. The molecule has 0 radical (unpaired) electrons. The van der Waals surface area contributed by atoms with Gasteiger partial charge in [0, 0.05) is 34.8 Å². The van der Waals surface area contributed by atoms with Crippen molar-refractivity contribution in [2.45, 2.75) is 169 Å². The molecule has 3 aliphatic heterocycles. The van der Waals surface area contributed by atoms with Crippen LogP contribution >= 0.6 is 37.2 Å². The zero-order valence-electron chi connectivity index (χ0n) is 41.2. The van der Waals surface area contributed by atoms with Crippen molar-refractivity contribution in [2.75, 3.05) is 39.5 Å². The molecule has 380 valence electrons. The van der Waals surface area contributed by atoms with Crippen molar-refractivity contribution in [3.8, 4) is 34.5 Å². The average Bonchev–Trinajstić information content (AvgIpc) is 3.22. The second-order valence-corrected chi connectivity index (χ2v) is 17.8. The number of benzene rings is 3. The normalized spacial score (nSPS) is 17.4. The predicted octanol–water partition coefficient (Wildman–Crippen LogP) is 9.73. The Kier molecular flexibility index (Phi) is 29.9. The monoisotopic (exact) mass is 990 g/mol. The summed E-state index contributed by atoms with van der Waals surface area (Å²) in [6.45, 7) is 23.5. The van der Waals surface area contributed by atoms with E-state index >= 15 is 0 Å². The maximum Gasteiger partial charge on any atom is 0.165 e. The summed E-state index contributed by atoms with van der Waals surface area (Å²) in [6, 6.07) is 14.2. The van der Waals surface area contributed by atoms with E-state index < -0.39 is 0 Å². The SMILES string of the molecule is CCOc1ccc2c(c1OC(C)C)CCNC2CCCCC(CCC1NCCc2c1ccc(OCC)c2OC(C)C)CCC1NCCc2c1ccc(OCC)c2OC(C)C.Cl.Cl.Cl.O.O.O. The first kappa shape index (κ1) is 63.1. The second-order valence-electron chi connectivity index (χ2n) is 17.8. The largest absolute Gasteiger partial charge is 0.490 e. The highest BCUT2D eigenvalue weighted by Gasteiger charge is 2.30. The smallest absolute Gasteiger partial charge is 0.165 e. The van der Waals surface area contributed by atoms with Gasteiger partial charge in [0.05, 0.1) is 38.1 Å². The summed E-state index contributed by atoms with van der Waals surface area (Å²) in [6.07, 6.45) is 12.4. The topological polar surface area (TPSA) is 186 Å². The van der Waals surface area contributed by atoms with Crippen LogP contribution in [0.2, 0.25) is 0 Å². The average molecular weight is 992 g/mol. The number of halogens is 3. The van der Waals surface area contributed by atoms with Crippen LogP contribution in [0.4, 0.5) is 0 Å². The molecular formula is C51H86Cl3N3O9. The molecule has 0 aromatic heterocycles. The van der Waals surface area contributed by atoms with Gasteiger partial charge in [0.15, 0.2) is 34.5 Å². The van der Waals surface area contributed by atoms with Gasteiger partial charge in [-0.1, -0.05) is 37.5 Å². The number of ether oxygens (including phenoxy) is 6. The fourth-order valence-electron chi connectivity index (χ4n) is 9.76. The first-order chi connectivity index (χ1) is 29.1. The highest BCUT2D eigenvalue weighted by Crippen LogP contribution is 2.44. The Balaban J connectivity index is 0.00000704. The number of unbranched alkanes of at least 4 members (excludes halogenated alkanes) is 1. The molecule has 0 saturated heterocycles. The molecule has 3 aromatic carbocycles. The minimum Gasteiger partial charge on any atom is -0.490 e. The molecule has 0 saturated carbocycles. The van der Waals surface area contributed by atoms with Crippen molar-refractivity contribution in [1.29, 1.82) is 0 Å². The van der Waals surface area contributed by atoms with Crippen LogP contribution in [-0.4, -0.2) is 74.2 Å². The quantitative estimate of drug-likeness (QED) is 0.0778. The van der Waals surface area contributed by atoms with Crippen molar-refractivity contribution < 1.29 is 44.8 Å². The molecule has 3 atom stereocenters. The van der Waals surface area contributed by atoms with Crippen LogP contribution in [0.1, 0.15) is 165 Å². The molecule has 3 aliphatic rings. The molecule has 15 heteroatoms. The highest BCUT2D eigenvalue weighted by molar-refractivity contribution is 5.86. The number of nitrogens with one attached hydrogen (secondary N) is 3. The van der Waals surface area contributed by atoms with Crippen LogP contribution in [0.3, 0.4) is 0 Å². The summed E-state index contributed by atoms with van der Waals surface area (Å²) in [7, 11) is 0. The minimum absolute atomic E-state index is 0. The van der Waals surface area contributed by atoms with Gasteiger partial charge in [-0.2, -0.15) is 0 Å². The summed E-state index contributed by atoms with van der Waals surface area (Å²) < 4.78 is 37.4. The van der Waals surface area contributed by atoms with Gasteiger partial charge >= 0.3 is 0 Å². The van der Waals surface area contributed by atoms with Gasteiger partial charge in [0.2, 0.25) is 0 Å². The maximum atomic E-state index is 6.44. The van der Waals surface area contributed by atoms with Crippen LogP contribution < -0.4 is 44.4 Å². The summed E-state index contributed by atoms with van der Waals surface area (Å²) >= 11 is 0. The Hall–Kier alpha value is -2.91. The Morgan fingerprint density at radius 2 is 0.773 bits per heavy atom. The Morgan fingerprint density at radius 1 is 0.455 bits per heavy atom. The molecule has 3 unspecified atom stereocenters. The lowest BCUT2D eigenvalue weighted by molar-refractivity contribution is 0.219. The molecule has 66 heavy (non-hydrogen) atoms. The van der Waals surface area contributed by atoms with Crippen molar-refractivity contribution in [3.63, 3.8) is 0 Å². The Morgan fingerprint density at radius 3 is 1.08 bits per heavy atom. The first-order valence-corrected chi connectivity index (χ1v) is 23.7. The summed E-state index contributed by atoms with van der Waals surface area (Å²) in [5, 5.41) is 11.7. The van der Waals surface area contributed by atoms with Crippen molar-refractivity contribution in [1.82, 2.24) is 16.0 Å². The van der Waals surface area contributed by atoms with E-state index in [1.807, 2.05) is 20.8 Å². The van der Waals surface area contributed by atoms with E-state index in [2.05, 4.69) is 93.9 Å². The van der Waals surface area contributed by atoms with E-state index in [4.69, 9.17) is 28.4 Å². The van der Waals surface area contributed by atoms with Crippen LogP contribution in [0.5, 0.6) is 34.5 Å². The van der Waals surface area contributed by atoms with E-state index in [-0.39, 0.29) is 72.0 Å². The van der Waals surface area contributed by atoms with Crippen LogP contribution in [0.15, 0.2) is 36.4 Å². The molecule has 0 fully saturated rings. The summed E-state index contributed by atoms with van der Waals surface area (Å²) in [5.74, 6) is 6.05. The number of rotatable bonds is 23. The van der Waals surface area contributed by atoms with Gasteiger partial charge in [-0.15, -0.1) is 37.2 Å². The van der Waals surface area contributed by atoms with Crippen LogP contribution in [0, 0.1) is 5.92 Å². The highest BCUT2D eigenvalue weighted by atomic mass is 35.5. The molecule has 12 nitrogen and oxygen atoms in total. The van der Waals surface area contributed by atoms with Crippen LogP contribution in [-0.2, 0) is 19.3 Å². The first-order valence-electron chi connectivity index (χ1n) is 23.7. The number of fused-ring (bicyclic) bond motifs is 3. The van der Waals surface area contributed by atoms with Gasteiger partial charge < -0.3 is 60.8 Å². The molecule has 0 bridgehead atoms. The van der Waals surface area contributed by atoms with E-state index in [1.54, 1.807) is 0 Å². The molecular weight excluding hydrogens is 905 g/mol. The zero-order valence-corrected chi connectivity index (χ0v) is 43.7. The van der Waals surface area contributed by atoms with Crippen molar-refractivity contribution in [3.05, 3.63) is 69.8 Å². The summed E-state index contributed by atoms with van der Waals surface area (Å²) in [5.41, 5.74) is 8.09. The third-order valence-corrected chi connectivity index (χ3v) is 12.2. The minimum atomic E-state index is 0. The van der Waals surface area contributed by atoms with Crippen molar-refractivity contribution >= 4 is 37.2 Å². The van der Waals surface area contributed by atoms with Gasteiger partial charge in [0.25, 0.3) is 0 Å². The lowest BCUT2D eigenvalue weighted by Crippen LogP contribution is -2.32. The van der Waals surface area contributed by atoms with Crippen LogP contribution in [0.25, 0.3) is 0 Å². The van der Waals surface area contributed by atoms with Gasteiger partial charge in [-0.25, -0.2) is 0 Å². The maximum absolute atomic E-state index is 6.44. The molecule has 6 rings (SSSR count). The van der Waals surface area contributed by atoms with Crippen molar-refractivity contribution in [2.24, 2.45) is 5.92 Å². The van der Waals surface area contributed by atoms with Gasteiger partial charge in [0.1, 0.15) is 0 Å². The second kappa shape index (κ2) is 31.3. The van der Waals surface area contributed by atoms with Gasteiger partial charge in [-0.05, 0) is 174 Å². The van der Waals surface area contributed by atoms with E-state index in [0.29, 0.717) is 43.9 Å². The van der Waals surface area contributed by atoms with E-state index in [0.717, 1.165) is 92.7 Å². The number of hydrogen-bond acceptors (Lipinski definition) is 9. The lowest BCUT2D eigenvalue weighted by Gasteiger charge is -2.32. The molecule has 0 aliphatic carbocycles. The van der Waals surface area contributed by atoms with Gasteiger partial charge in [-0.3, -0.25) is 0 Å². The third kappa shape index (κ3) is 16.4. The van der Waals surface area contributed by atoms with E-state index in [9.17, 15) is 0 Å². The summed E-state index contributed by atoms with van der Waals surface area (Å²) in [4.78, 5) is 0. The lowest BCUT2D eigenvalue weighted by atomic mass is 9.83. The third-order valence-electron chi connectivity index (χ3n) is 12.2. The molecule has 0 amide bonds.